The molecule has 0 aliphatic carbocycles. The van der Waals surface area contributed by atoms with E-state index >= 15 is 0 Å². The number of benzene rings is 3. The highest BCUT2D eigenvalue weighted by atomic mass is 16.5. The van der Waals surface area contributed by atoms with Crippen molar-refractivity contribution in [3.8, 4) is 11.5 Å². The predicted octanol–water partition coefficient (Wildman–Crippen LogP) is 4.47. The molecule has 0 fully saturated rings. The molecule has 2 N–H and O–H groups in total. The molecule has 2 heterocycles. The summed E-state index contributed by atoms with van der Waals surface area (Å²) in [4.78, 5) is 9.02. The fraction of sp³-hybridized carbons (Fsp3) is 0.310. The van der Waals surface area contributed by atoms with Crippen molar-refractivity contribution in [2.24, 2.45) is 9.98 Å². The van der Waals surface area contributed by atoms with Gasteiger partial charge in [0.15, 0.2) is 0 Å². The zero-order valence-corrected chi connectivity index (χ0v) is 20.6. The van der Waals surface area contributed by atoms with Crippen molar-refractivity contribution < 1.29 is 9.47 Å². The minimum atomic E-state index is 0.507. The predicted molar refractivity (Wildman–Crippen MR) is 141 cm³/mol. The Hall–Kier alpha value is -3.80. The monoisotopic (exact) mass is 468 g/mol. The number of aryl methyl sites for hydroxylation is 3. The summed E-state index contributed by atoms with van der Waals surface area (Å²) in [5.41, 5.74) is 8.08. The average Bonchev–Trinajstić information content (AvgIpc) is 3.57. The Labute approximate surface area is 207 Å². The van der Waals surface area contributed by atoms with Crippen LogP contribution in [0.15, 0.2) is 64.6 Å². The van der Waals surface area contributed by atoms with Crippen LogP contribution in [0.1, 0.15) is 38.9 Å². The Morgan fingerprint density at radius 1 is 0.657 bits per heavy atom. The van der Waals surface area contributed by atoms with Gasteiger partial charge in [0.05, 0.1) is 13.1 Å². The van der Waals surface area contributed by atoms with Crippen molar-refractivity contribution in [2.45, 2.75) is 34.0 Å². The van der Waals surface area contributed by atoms with E-state index in [1.54, 1.807) is 0 Å². The molecule has 35 heavy (non-hydrogen) atoms. The summed E-state index contributed by atoms with van der Waals surface area (Å²) in [6.45, 7) is 10.8. The third-order valence-corrected chi connectivity index (χ3v) is 6.39. The van der Waals surface area contributed by atoms with Gasteiger partial charge in [-0.05, 0) is 72.9 Å². The molecule has 6 nitrogen and oxygen atoms in total. The normalized spacial score (nSPS) is 14.7. The van der Waals surface area contributed by atoms with Crippen molar-refractivity contribution in [3.63, 3.8) is 0 Å². The summed E-state index contributed by atoms with van der Waals surface area (Å²) in [7, 11) is 0. The molecule has 6 heteroatoms. The topological polar surface area (TPSA) is 67.2 Å². The highest BCUT2D eigenvalue weighted by molar-refractivity contribution is 6.00. The molecule has 0 aromatic heterocycles. The van der Waals surface area contributed by atoms with Crippen LogP contribution < -0.4 is 20.1 Å². The Morgan fingerprint density at radius 3 is 1.54 bits per heavy atom. The van der Waals surface area contributed by atoms with Gasteiger partial charge in [-0.25, -0.2) is 0 Å². The second kappa shape index (κ2) is 10.2. The third kappa shape index (κ3) is 5.48. The lowest BCUT2D eigenvalue weighted by atomic mass is 10.0. The molecule has 2 aliphatic heterocycles. The summed E-state index contributed by atoms with van der Waals surface area (Å²) >= 11 is 0. The van der Waals surface area contributed by atoms with Gasteiger partial charge in [-0.1, -0.05) is 24.3 Å². The number of hydrogen-bond donors (Lipinski definition) is 2. The van der Waals surface area contributed by atoms with E-state index in [2.05, 4.69) is 77.8 Å². The highest BCUT2D eigenvalue weighted by Crippen LogP contribution is 2.25. The highest BCUT2D eigenvalue weighted by Gasteiger charge is 2.12. The van der Waals surface area contributed by atoms with Crippen LogP contribution in [0, 0.1) is 20.8 Å². The first-order valence-corrected chi connectivity index (χ1v) is 12.2. The Kier molecular flexibility index (Phi) is 6.70. The molecule has 3 aromatic carbocycles. The van der Waals surface area contributed by atoms with Gasteiger partial charge in [-0.15, -0.1) is 0 Å². The number of amidine groups is 2. The van der Waals surface area contributed by atoms with Crippen LogP contribution in [-0.4, -0.2) is 37.9 Å². The lowest BCUT2D eigenvalue weighted by Gasteiger charge is -2.14. The molecule has 2 aliphatic rings. The third-order valence-electron chi connectivity index (χ3n) is 6.39. The van der Waals surface area contributed by atoms with Crippen LogP contribution in [-0.2, 0) is 13.2 Å². The van der Waals surface area contributed by atoms with Crippen molar-refractivity contribution >= 4 is 11.7 Å². The number of ether oxygens (including phenoxy) is 2. The van der Waals surface area contributed by atoms with Crippen LogP contribution in [0.25, 0.3) is 0 Å². The van der Waals surface area contributed by atoms with Crippen molar-refractivity contribution in [3.05, 3.63) is 93.5 Å². The maximum atomic E-state index is 6.16. The number of nitrogens with one attached hydrogen (secondary N) is 2. The molecule has 0 spiro atoms. The zero-order chi connectivity index (χ0) is 24.2. The van der Waals surface area contributed by atoms with E-state index in [1.807, 2.05) is 18.2 Å². The van der Waals surface area contributed by atoms with Crippen molar-refractivity contribution in [2.75, 3.05) is 26.2 Å². The van der Waals surface area contributed by atoms with Crippen LogP contribution in [0.2, 0.25) is 0 Å². The first-order chi connectivity index (χ1) is 17.0. The van der Waals surface area contributed by atoms with E-state index in [4.69, 9.17) is 9.47 Å². The summed E-state index contributed by atoms with van der Waals surface area (Å²) in [6.07, 6.45) is 0. The average molecular weight is 469 g/mol. The Bertz CT molecular complexity index is 1200. The number of rotatable bonds is 8. The molecule has 0 unspecified atom stereocenters. The molecule has 0 saturated heterocycles. The van der Waals surface area contributed by atoms with E-state index in [1.165, 1.54) is 11.1 Å². The zero-order valence-electron chi connectivity index (χ0n) is 20.6. The largest absolute Gasteiger partial charge is 0.489 e. The van der Waals surface area contributed by atoms with Gasteiger partial charge in [0.25, 0.3) is 0 Å². The fourth-order valence-corrected chi connectivity index (χ4v) is 4.40. The van der Waals surface area contributed by atoms with E-state index in [9.17, 15) is 0 Å². The molecule has 0 amide bonds. The first-order valence-electron chi connectivity index (χ1n) is 12.2. The second-order valence-electron chi connectivity index (χ2n) is 9.16. The standard InChI is InChI=1S/C29H32N4O2/c1-19-12-26(34-17-24-6-4-22(14-20(24)2)28-30-8-9-31-28)16-27(13-19)35-18-25-7-5-23(15-21(25)3)29-32-10-11-33-29/h4-7,12-16H,8-11,17-18H2,1-3H3,(H,30,31)(H,32,33). The molecule has 0 atom stereocenters. The minimum Gasteiger partial charge on any atom is -0.489 e. The summed E-state index contributed by atoms with van der Waals surface area (Å²) in [6, 6.07) is 18.9. The number of aliphatic imine (C=N–C) groups is 2. The van der Waals surface area contributed by atoms with Gasteiger partial charge in [0.2, 0.25) is 0 Å². The van der Waals surface area contributed by atoms with E-state index in [-0.39, 0.29) is 0 Å². The first kappa shape index (κ1) is 23.0. The summed E-state index contributed by atoms with van der Waals surface area (Å²) < 4.78 is 12.3. The molecular weight excluding hydrogens is 436 g/mol. The maximum Gasteiger partial charge on any atom is 0.128 e. The van der Waals surface area contributed by atoms with Crippen LogP contribution >= 0.6 is 0 Å². The number of nitrogens with zero attached hydrogens (tertiary/aromatic N) is 2. The fourth-order valence-electron chi connectivity index (χ4n) is 4.40. The van der Waals surface area contributed by atoms with Crippen molar-refractivity contribution in [1.29, 1.82) is 0 Å². The van der Waals surface area contributed by atoms with Gasteiger partial charge in [0, 0.05) is 30.3 Å². The van der Waals surface area contributed by atoms with Crippen LogP contribution in [0.4, 0.5) is 0 Å². The van der Waals surface area contributed by atoms with E-state index in [0.29, 0.717) is 13.2 Å². The summed E-state index contributed by atoms with van der Waals surface area (Å²) in [5.74, 6) is 3.58. The van der Waals surface area contributed by atoms with Gasteiger partial charge < -0.3 is 20.1 Å². The van der Waals surface area contributed by atoms with Crippen molar-refractivity contribution in [1.82, 2.24) is 10.6 Å². The van der Waals surface area contributed by atoms with Gasteiger partial charge in [0.1, 0.15) is 36.4 Å². The van der Waals surface area contributed by atoms with Gasteiger partial charge in [-0.2, -0.15) is 0 Å². The maximum absolute atomic E-state index is 6.16. The summed E-state index contributed by atoms with van der Waals surface area (Å²) in [5, 5.41) is 6.66. The smallest absolute Gasteiger partial charge is 0.128 e. The molecule has 5 rings (SSSR count). The van der Waals surface area contributed by atoms with Crippen LogP contribution in [0.5, 0.6) is 11.5 Å². The molecule has 3 aromatic rings. The SMILES string of the molecule is Cc1cc(OCc2ccc(C3=NCCN3)cc2C)cc(OCc2ccc(C3=NCCN3)cc2C)c1. The Morgan fingerprint density at radius 2 is 1.14 bits per heavy atom. The Balaban J connectivity index is 1.22. The van der Waals surface area contributed by atoms with Gasteiger partial charge in [-0.3, -0.25) is 9.98 Å². The molecule has 0 bridgehead atoms. The lowest BCUT2D eigenvalue weighted by molar-refractivity contribution is 0.289. The molecule has 180 valence electrons. The molecule has 0 radical (unpaired) electrons. The molecule has 0 saturated carbocycles. The van der Waals surface area contributed by atoms with Gasteiger partial charge >= 0.3 is 0 Å². The van der Waals surface area contributed by atoms with E-state index in [0.717, 1.165) is 77.2 Å². The van der Waals surface area contributed by atoms with Crippen LogP contribution in [0.3, 0.4) is 0 Å². The quantitative estimate of drug-likeness (QED) is 0.512. The minimum absolute atomic E-state index is 0.507. The number of hydrogen-bond acceptors (Lipinski definition) is 6. The second-order valence-corrected chi connectivity index (χ2v) is 9.16. The lowest BCUT2D eigenvalue weighted by Crippen LogP contribution is -2.19. The van der Waals surface area contributed by atoms with E-state index < -0.39 is 0 Å². The molecular formula is C29H32N4O2.